The Labute approximate surface area is 123 Å². The number of carbonyl (C=O) groups is 1. The molecule has 1 unspecified atom stereocenters. The lowest BCUT2D eigenvalue weighted by Gasteiger charge is -2.29. The number of rotatable bonds is 4. The van der Waals surface area contributed by atoms with Crippen molar-refractivity contribution in [1.82, 2.24) is 4.57 Å². The number of fused-ring (bicyclic) bond motifs is 1. The normalized spacial score (nSPS) is 19.7. The highest BCUT2D eigenvalue weighted by molar-refractivity contribution is 5.89. The van der Waals surface area contributed by atoms with E-state index < -0.39 is 0 Å². The van der Waals surface area contributed by atoms with Crippen molar-refractivity contribution >= 4 is 11.7 Å². The Morgan fingerprint density at radius 3 is 2.90 bits per heavy atom. The lowest BCUT2D eigenvalue weighted by Crippen LogP contribution is -2.24. The number of nitrogen functional groups attached to an aromatic ring is 1. The fourth-order valence-corrected chi connectivity index (χ4v) is 3.08. The first-order valence-corrected chi connectivity index (χ1v) is 7.44. The lowest BCUT2D eigenvalue weighted by atomic mass is 9.78. The maximum atomic E-state index is 12.3. The smallest absolute Gasteiger partial charge is 0.355 e. The molecule has 0 aliphatic heterocycles. The van der Waals surface area contributed by atoms with Gasteiger partial charge in [0.05, 0.1) is 12.3 Å². The van der Waals surface area contributed by atoms with Gasteiger partial charge in [-0.1, -0.05) is 24.3 Å². The van der Waals surface area contributed by atoms with E-state index in [1.165, 1.54) is 11.1 Å². The van der Waals surface area contributed by atoms with Crippen LogP contribution in [0.2, 0.25) is 0 Å². The van der Waals surface area contributed by atoms with Crippen molar-refractivity contribution < 1.29 is 9.53 Å². The van der Waals surface area contributed by atoms with Crippen molar-refractivity contribution in [3.8, 4) is 0 Å². The molecule has 2 N–H and O–H groups in total. The second kappa shape index (κ2) is 4.65. The standard InChI is InChI=1S/C17H18N2O2/c18-13-8-16(19(9-13)14-5-6-14)17(20)21-10-12-7-11-3-1-2-4-15(11)12/h1-4,8-9,12,14H,5-7,10,18H2. The van der Waals surface area contributed by atoms with Gasteiger partial charge in [0.1, 0.15) is 5.69 Å². The molecular formula is C17H18N2O2. The average Bonchev–Trinajstić information content (AvgIpc) is 3.22. The quantitative estimate of drug-likeness (QED) is 0.877. The predicted molar refractivity (Wildman–Crippen MR) is 80.3 cm³/mol. The van der Waals surface area contributed by atoms with Crippen LogP contribution in [0.4, 0.5) is 5.69 Å². The van der Waals surface area contributed by atoms with Crippen LogP contribution in [0.1, 0.15) is 46.4 Å². The first-order valence-electron chi connectivity index (χ1n) is 7.44. The zero-order chi connectivity index (χ0) is 14.4. The van der Waals surface area contributed by atoms with Crippen LogP contribution in [0, 0.1) is 0 Å². The molecule has 0 radical (unpaired) electrons. The number of ether oxygens (including phenoxy) is 1. The van der Waals surface area contributed by atoms with Gasteiger partial charge in [-0.25, -0.2) is 4.79 Å². The Morgan fingerprint density at radius 2 is 2.14 bits per heavy atom. The molecule has 4 nitrogen and oxygen atoms in total. The first kappa shape index (κ1) is 12.5. The second-order valence-electron chi connectivity index (χ2n) is 6.00. The highest BCUT2D eigenvalue weighted by Crippen LogP contribution is 2.38. The van der Waals surface area contributed by atoms with Crippen molar-refractivity contribution in [2.45, 2.75) is 31.2 Å². The Morgan fingerprint density at radius 1 is 1.33 bits per heavy atom. The zero-order valence-corrected chi connectivity index (χ0v) is 11.8. The zero-order valence-electron chi connectivity index (χ0n) is 11.8. The van der Waals surface area contributed by atoms with Gasteiger partial charge in [0, 0.05) is 18.2 Å². The molecule has 4 rings (SSSR count). The summed E-state index contributed by atoms with van der Waals surface area (Å²) in [4.78, 5) is 12.3. The molecule has 4 heteroatoms. The topological polar surface area (TPSA) is 57.3 Å². The van der Waals surface area contributed by atoms with Gasteiger partial charge in [-0.3, -0.25) is 0 Å². The maximum absolute atomic E-state index is 12.3. The van der Waals surface area contributed by atoms with Crippen LogP contribution < -0.4 is 5.73 Å². The van der Waals surface area contributed by atoms with Gasteiger partial charge in [-0.2, -0.15) is 0 Å². The Bertz CT molecular complexity index is 701. The summed E-state index contributed by atoms with van der Waals surface area (Å²) < 4.78 is 7.47. The van der Waals surface area contributed by atoms with E-state index in [1.807, 2.05) is 22.9 Å². The van der Waals surface area contributed by atoms with E-state index in [9.17, 15) is 4.79 Å². The summed E-state index contributed by atoms with van der Waals surface area (Å²) >= 11 is 0. The monoisotopic (exact) mass is 282 g/mol. The van der Waals surface area contributed by atoms with E-state index in [1.54, 1.807) is 6.07 Å². The molecule has 1 aromatic carbocycles. The van der Waals surface area contributed by atoms with Crippen LogP contribution in [-0.4, -0.2) is 17.1 Å². The summed E-state index contributed by atoms with van der Waals surface area (Å²) in [6.07, 6.45) is 5.07. The van der Waals surface area contributed by atoms with Crippen LogP contribution in [0.15, 0.2) is 36.5 Å². The van der Waals surface area contributed by atoms with Crippen molar-refractivity contribution in [3.63, 3.8) is 0 Å². The Kier molecular flexibility index (Phi) is 2.77. The molecule has 1 heterocycles. The second-order valence-corrected chi connectivity index (χ2v) is 6.00. The molecule has 1 saturated carbocycles. The summed E-state index contributed by atoms with van der Waals surface area (Å²) in [5.74, 6) is 0.0785. The summed E-state index contributed by atoms with van der Waals surface area (Å²) in [5.41, 5.74) is 9.70. The third kappa shape index (κ3) is 2.20. The summed E-state index contributed by atoms with van der Waals surface area (Å²) in [7, 11) is 0. The molecule has 108 valence electrons. The van der Waals surface area contributed by atoms with E-state index in [0.29, 0.717) is 29.9 Å². The number of nitrogens with zero attached hydrogens (tertiary/aromatic N) is 1. The van der Waals surface area contributed by atoms with E-state index in [0.717, 1.165) is 19.3 Å². The largest absolute Gasteiger partial charge is 0.460 e. The lowest BCUT2D eigenvalue weighted by molar-refractivity contribution is 0.0457. The number of nitrogens with two attached hydrogens (primary N) is 1. The molecule has 0 amide bonds. The van der Waals surface area contributed by atoms with Gasteiger partial charge < -0.3 is 15.0 Å². The molecular weight excluding hydrogens is 264 g/mol. The molecule has 1 aromatic heterocycles. The van der Waals surface area contributed by atoms with Crippen molar-refractivity contribution in [1.29, 1.82) is 0 Å². The van der Waals surface area contributed by atoms with E-state index >= 15 is 0 Å². The van der Waals surface area contributed by atoms with Crippen LogP contribution in [0.3, 0.4) is 0 Å². The summed E-state index contributed by atoms with van der Waals surface area (Å²) in [5, 5.41) is 0. The molecule has 0 spiro atoms. The van der Waals surface area contributed by atoms with Gasteiger partial charge in [-0.15, -0.1) is 0 Å². The van der Waals surface area contributed by atoms with Gasteiger partial charge in [0.15, 0.2) is 0 Å². The number of hydrogen-bond donors (Lipinski definition) is 1. The Balaban J connectivity index is 1.43. The molecule has 2 aliphatic rings. The minimum absolute atomic E-state index is 0.261. The first-order chi connectivity index (χ1) is 10.2. The molecule has 0 saturated heterocycles. The minimum atomic E-state index is -0.261. The SMILES string of the molecule is Nc1cc(C(=O)OCC2Cc3ccccc32)n(C2CC2)c1. The number of hydrogen-bond acceptors (Lipinski definition) is 3. The molecule has 2 aromatic rings. The third-order valence-electron chi connectivity index (χ3n) is 4.40. The molecule has 21 heavy (non-hydrogen) atoms. The molecule has 1 atom stereocenters. The number of carbonyl (C=O) groups excluding carboxylic acids is 1. The van der Waals surface area contributed by atoms with Gasteiger partial charge in [0.25, 0.3) is 0 Å². The summed E-state index contributed by atoms with van der Waals surface area (Å²) in [6, 6.07) is 10.5. The van der Waals surface area contributed by atoms with Gasteiger partial charge in [-0.05, 0) is 36.5 Å². The van der Waals surface area contributed by atoms with Crippen LogP contribution >= 0.6 is 0 Å². The Hall–Kier alpha value is -2.23. The molecule has 1 fully saturated rings. The number of benzene rings is 1. The fourth-order valence-electron chi connectivity index (χ4n) is 3.08. The van der Waals surface area contributed by atoms with Crippen molar-refractivity contribution in [2.75, 3.05) is 12.3 Å². The van der Waals surface area contributed by atoms with Gasteiger partial charge in [0.2, 0.25) is 0 Å². The van der Waals surface area contributed by atoms with Crippen LogP contribution in [0.5, 0.6) is 0 Å². The number of anilines is 1. The fraction of sp³-hybridized carbons (Fsp3) is 0.353. The van der Waals surface area contributed by atoms with Gasteiger partial charge >= 0.3 is 5.97 Å². The minimum Gasteiger partial charge on any atom is -0.460 e. The predicted octanol–water partition coefficient (Wildman–Crippen LogP) is 2.90. The van der Waals surface area contributed by atoms with Crippen LogP contribution in [0.25, 0.3) is 0 Å². The molecule has 2 aliphatic carbocycles. The average molecular weight is 282 g/mol. The van der Waals surface area contributed by atoms with E-state index in [2.05, 4.69) is 12.1 Å². The highest BCUT2D eigenvalue weighted by atomic mass is 16.5. The number of aromatic nitrogens is 1. The van der Waals surface area contributed by atoms with E-state index in [4.69, 9.17) is 10.5 Å². The van der Waals surface area contributed by atoms with Crippen molar-refractivity contribution in [2.24, 2.45) is 0 Å². The maximum Gasteiger partial charge on any atom is 0.355 e. The highest BCUT2D eigenvalue weighted by Gasteiger charge is 2.30. The van der Waals surface area contributed by atoms with E-state index in [-0.39, 0.29) is 5.97 Å². The van der Waals surface area contributed by atoms with Crippen LogP contribution in [-0.2, 0) is 11.2 Å². The molecule has 0 bridgehead atoms. The van der Waals surface area contributed by atoms with Crippen molar-refractivity contribution in [3.05, 3.63) is 53.3 Å². The number of esters is 1. The summed E-state index contributed by atoms with van der Waals surface area (Å²) in [6.45, 7) is 0.450. The third-order valence-corrected chi connectivity index (χ3v) is 4.40.